The van der Waals surface area contributed by atoms with Gasteiger partial charge in [-0.15, -0.1) is 0 Å². The zero-order valence-corrected chi connectivity index (χ0v) is 17.3. The molecule has 7 heteroatoms. The van der Waals surface area contributed by atoms with Crippen LogP contribution in [0.2, 0.25) is 5.02 Å². The maximum absolute atomic E-state index is 12.3. The summed E-state index contributed by atoms with van der Waals surface area (Å²) in [6, 6.07) is 7.17. The number of hydrogen-bond acceptors (Lipinski definition) is 4. The molecule has 3 fully saturated rings. The SMILES string of the molecule is O=C(COC1CCCCC1)N[C@H]1C[C@@H](NC(=O)COc2ccc(Cl)cc2)C2CC21. The fourth-order valence-corrected chi connectivity index (χ4v) is 4.84. The van der Waals surface area contributed by atoms with E-state index in [4.69, 9.17) is 21.1 Å². The van der Waals surface area contributed by atoms with E-state index >= 15 is 0 Å². The molecule has 2 unspecified atom stereocenters. The van der Waals surface area contributed by atoms with E-state index in [1.807, 2.05) is 0 Å². The first-order valence-corrected chi connectivity index (χ1v) is 11.0. The van der Waals surface area contributed by atoms with Gasteiger partial charge < -0.3 is 20.1 Å². The van der Waals surface area contributed by atoms with E-state index in [9.17, 15) is 9.59 Å². The number of benzene rings is 1. The first kappa shape index (κ1) is 20.5. The summed E-state index contributed by atoms with van der Waals surface area (Å²) in [5.74, 6) is 1.37. The molecule has 158 valence electrons. The van der Waals surface area contributed by atoms with E-state index in [0.29, 0.717) is 22.6 Å². The number of hydrogen-bond donors (Lipinski definition) is 2. The number of rotatable bonds is 8. The smallest absolute Gasteiger partial charge is 0.258 e. The lowest BCUT2D eigenvalue weighted by Crippen LogP contribution is -2.42. The van der Waals surface area contributed by atoms with Crippen molar-refractivity contribution in [1.29, 1.82) is 0 Å². The molecule has 0 aliphatic heterocycles. The number of ether oxygens (including phenoxy) is 2. The van der Waals surface area contributed by atoms with Gasteiger partial charge in [-0.1, -0.05) is 30.9 Å². The summed E-state index contributed by atoms with van der Waals surface area (Å²) < 4.78 is 11.3. The van der Waals surface area contributed by atoms with E-state index in [-0.39, 0.29) is 43.2 Å². The van der Waals surface area contributed by atoms with Gasteiger partial charge in [0.05, 0.1) is 6.10 Å². The molecule has 0 bridgehead atoms. The molecule has 4 rings (SSSR count). The van der Waals surface area contributed by atoms with Gasteiger partial charge in [0.25, 0.3) is 5.91 Å². The second-order valence-corrected chi connectivity index (χ2v) is 8.90. The minimum absolute atomic E-state index is 0.0260. The molecule has 0 radical (unpaired) electrons. The lowest BCUT2D eigenvalue weighted by Gasteiger charge is -2.23. The van der Waals surface area contributed by atoms with Crippen LogP contribution >= 0.6 is 11.6 Å². The molecule has 2 amide bonds. The van der Waals surface area contributed by atoms with Crippen molar-refractivity contribution in [1.82, 2.24) is 10.6 Å². The molecule has 3 saturated carbocycles. The van der Waals surface area contributed by atoms with Crippen LogP contribution in [0.4, 0.5) is 0 Å². The van der Waals surface area contributed by atoms with Gasteiger partial charge in [-0.3, -0.25) is 9.59 Å². The van der Waals surface area contributed by atoms with Crippen LogP contribution in [-0.2, 0) is 14.3 Å². The van der Waals surface area contributed by atoms with Crippen LogP contribution in [0.15, 0.2) is 24.3 Å². The van der Waals surface area contributed by atoms with Gasteiger partial charge in [-0.2, -0.15) is 0 Å². The molecule has 6 nitrogen and oxygen atoms in total. The standard InChI is InChI=1S/C22H29ClN2O4/c23-14-6-8-16(9-7-14)29-13-22(27)25-20-11-19(17-10-18(17)20)24-21(26)12-28-15-4-2-1-3-5-15/h6-9,15,17-20H,1-5,10-13H2,(H,24,26)(H,25,27)/t17?,18?,19-,20+/m0/s1. The van der Waals surface area contributed by atoms with Crippen LogP contribution in [0.5, 0.6) is 5.75 Å². The van der Waals surface area contributed by atoms with Crippen LogP contribution < -0.4 is 15.4 Å². The lowest BCUT2D eigenvalue weighted by atomic mass is 9.98. The summed E-state index contributed by atoms with van der Waals surface area (Å²) in [7, 11) is 0. The highest BCUT2D eigenvalue weighted by Crippen LogP contribution is 2.51. The van der Waals surface area contributed by atoms with Gasteiger partial charge >= 0.3 is 0 Å². The number of nitrogens with one attached hydrogen (secondary N) is 2. The number of carbonyl (C=O) groups is 2. The highest BCUT2D eigenvalue weighted by Gasteiger charge is 2.55. The van der Waals surface area contributed by atoms with Gasteiger partial charge in [0.1, 0.15) is 12.4 Å². The largest absolute Gasteiger partial charge is 0.484 e. The Morgan fingerprint density at radius 3 is 2.17 bits per heavy atom. The predicted octanol–water partition coefficient (Wildman–Crippen LogP) is 3.08. The van der Waals surface area contributed by atoms with Crippen molar-refractivity contribution in [3.8, 4) is 5.75 Å². The van der Waals surface area contributed by atoms with Crippen molar-refractivity contribution in [2.24, 2.45) is 11.8 Å². The van der Waals surface area contributed by atoms with Gasteiger partial charge in [0.2, 0.25) is 5.91 Å². The van der Waals surface area contributed by atoms with E-state index < -0.39 is 0 Å². The van der Waals surface area contributed by atoms with Crippen LogP contribution in [-0.4, -0.2) is 43.2 Å². The zero-order valence-electron chi connectivity index (χ0n) is 16.6. The number of fused-ring (bicyclic) bond motifs is 1. The van der Waals surface area contributed by atoms with E-state index in [1.54, 1.807) is 24.3 Å². The Hall–Kier alpha value is -1.79. The van der Waals surface area contributed by atoms with Crippen molar-refractivity contribution in [2.75, 3.05) is 13.2 Å². The Labute approximate surface area is 176 Å². The molecular formula is C22H29ClN2O4. The molecular weight excluding hydrogens is 392 g/mol. The van der Waals surface area contributed by atoms with Gasteiger partial charge in [-0.25, -0.2) is 0 Å². The first-order chi connectivity index (χ1) is 14.1. The Bertz CT molecular complexity index is 720. The Balaban J connectivity index is 1.16. The summed E-state index contributed by atoms with van der Waals surface area (Å²) in [6.07, 6.45) is 7.86. The predicted molar refractivity (Wildman–Crippen MR) is 110 cm³/mol. The minimum atomic E-state index is -0.136. The molecule has 0 spiro atoms. The molecule has 3 aliphatic carbocycles. The van der Waals surface area contributed by atoms with Gasteiger partial charge in [0.15, 0.2) is 6.61 Å². The van der Waals surface area contributed by atoms with Crippen LogP contribution in [0, 0.1) is 11.8 Å². The average molecular weight is 421 g/mol. The molecule has 4 atom stereocenters. The maximum atomic E-state index is 12.3. The monoisotopic (exact) mass is 420 g/mol. The number of halogens is 1. The van der Waals surface area contributed by atoms with Gasteiger partial charge in [0, 0.05) is 17.1 Å². The van der Waals surface area contributed by atoms with E-state index in [1.165, 1.54) is 19.3 Å². The van der Waals surface area contributed by atoms with E-state index in [0.717, 1.165) is 25.7 Å². The molecule has 0 heterocycles. The third-order valence-corrected chi connectivity index (χ3v) is 6.56. The Kier molecular flexibility index (Phi) is 6.60. The number of amides is 2. The molecule has 1 aromatic rings. The quantitative estimate of drug-likeness (QED) is 0.677. The molecule has 3 aliphatic rings. The van der Waals surface area contributed by atoms with Crippen LogP contribution in [0.25, 0.3) is 0 Å². The van der Waals surface area contributed by atoms with Gasteiger partial charge in [-0.05, 0) is 61.8 Å². The molecule has 2 N–H and O–H groups in total. The molecule has 29 heavy (non-hydrogen) atoms. The summed E-state index contributed by atoms with van der Waals surface area (Å²) >= 11 is 5.84. The highest BCUT2D eigenvalue weighted by molar-refractivity contribution is 6.30. The first-order valence-electron chi connectivity index (χ1n) is 10.7. The summed E-state index contributed by atoms with van der Waals surface area (Å²) in [6.45, 7) is 0.117. The fourth-order valence-electron chi connectivity index (χ4n) is 4.72. The van der Waals surface area contributed by atoms with Crippen LogP contribution in [0.1, 0.15) is 44.9 Å². The maximum Gasteiger partial charge on any atom is 0.258 e. The molecule has 1 aromatic carbocycles. The van der Waals surface area contributed by atoms with Crippen molar-refractivity contribution in [3.05, 3.63) is 29.3 Å². The normalized spacial score (nSPS) is 28.4. The second-order valence-electron chi connectivity index (χ2n) is 8.46. The topological polar surface area (TPSA) is 76.7 Å². The Morgan fingerprint density at radius 1 is 0.897 bits per heavy atom. The highest BCUT2D eigenvalue weighted by atomic mass is 35.5. The van der Waals surface area contributed by atoms with Crippen LogP contribution in [0.3, 0.4) is 0 Å². The third-order valence-electron chi connectivity index (χ3n) is 6.31. The molecule has 0 aromatic heterocycles. The van der Waals surface area contributed by atoms with Crippen molar-refractivity contribution in [3.63, 3.8) is 0 Å². The number of carbonyl (C=O) groups excluding carboxylic acids is 2. The summed E-state index contributed by atoms with van der Waals surface area (Å²) in [5, 5.41) is 6.81. The minimum Gasteiger partial charge on any atom is -0.484 e. The van der Waals surface area contributed by atoms with Crippen molar-refractivity contribution < 1.29 is 19.1 Å². The van der Waals surface area contributed by atoms with Crippen molar-refractivity contribution in [2.45, 2.75) is 63.1 Å². The van der Waals surface area contributed by atoms with Crippen molar-refractivity contribution >= 4 is 23.4 Å². The Morgan fingerprint density at radius 2 is 1.52 bits per heavy atom. The zero-order chi connectivity index (χ0) is 20.2. The fraction of sp³-hybridized carbons (Fsp3) is 0.636. The summed E-state index contributed by atoms with van der Waals surface area (Å²) in [5.41, 5.74) is 0. The average Bonchev–Trinajstić information content (AvgIpc) is 3.46. The lowest BCUT2D eigenvalue weighted by molar-refractivity contribution is -0.129. The van der Waals surface area contributed by atoms with E-state index in [2.05, 4.69) is 10.6 Å². The third kappa shape index (κ3) is 5.64. The second kappa shape index (κ2) is 9.35. The summed E-state index contributed by atoms with van der Waals surface area (Å²) in [4.78, 5) is 24.5. The molecule has 0 saturated heterocycles.